The summed E-state index contributed by atoms with van der Waals surface area (Å²) in [5.74, 6) is -0.935. The van der Waals surface area contributed by atoms with Crippen LogP contribution in [0.15, 0.2) is 36.5 Å². The summed E-state index contributed by atoms with van der Waals surface area (Å²) in [7, 11) is 0. The molecule has 3 nitrogen and oxygen atoms in total. The van der Waals surface area contributed by atoms with E-state index < -0.39 is 11.6 Å². The minimum Gasteiger partial charge on any atom is -0.371 e. The van der Waals surface area contributed by atoms with Crippen LogP contribution in [-0.2, 0) is 11.3 Å². The number of nitrogens with one attached hydrogen (secondary N) is 1. The average Bonchev–Trinajstić information content (AvgIpc) is 3.01. The molecule has 110 valence electrons. The van der Waals surface area contributed by atoms with E-state index in [1.165, 1.54) is 6.07 Å². The topological polar surface area (TPSA) is 34.1 Å². The van der Waals surface area contributed by atoms with Gasteiger partial charge in [0.1, 0.15) is 11.6 Å². The first kappa shape index (κ1) is 14.1. The Morgan fingerprint density at radius 3 is 2.95 bits per heavy atom. The maximum absolute atomic E-state index is 13.9. The van der Waals surface area contributed by atoms with Crippen molar-refractivity contribution in [2.24, 2.45) is 0 Å². The molecular weight excluding hydrogens is 274 g/mol. The Bertz CT molecular complexity index is 627. The van der Waals surface area contributed by atoms with Gasteiger partial charge in [-0.2, -0.15) is 0 Å². The number of benzene rings is 1. The van der Waals surface area contributed by atoms with Crippen molar-refractivity contribution in [2.75, 3.05) is 13.1 Å². The third-order valence-electron chi connectivity index (χ3n) is 3.58. The molecular formula is C16H16F2N2O. The lowest BCUT2D eigenvalue weighted by Crippen LogP contribution is -2.17. The summed E-state index contributed by atoms with van der Waals surface area (Å²) in [6.45, 7) is 2.05. The quantitative estimate of drug-likeness (QED) is 0.940. The van der Waals surface area contributed by atoms with E-state index in [-0.39, 0.29) is 11.7 Å². The monoisotopic (exact) mass is 290 g/mol. The highest BCUT2D eigenvalue weighted by atomic mass is 19.1. The van der Waals surface area contributed by atoms with Crippen molar-refractivity contribution in [3.63, 3.8) is 0 Å². The fourth-order valence-corrected chi connectivity index (χ4v) is 2.47. The molecule has 0 aliphatic carbocycles. The molecule has 2 heterocycles. The number of nitrogens with zero attached hydrogens (tertiary/aromatic N) is 1. The molecule has 1 aromatic heterocycles. The normalized spacial score (nSPS) is 18.1. The van der Waals surface area contributed by atoms with Gasteiger partial charge in [0.25, 0.3) is 0 Å². The summed E-state index contributed by atoms with van der Waals surface area (Å²) in [6.07, 6.45) is 2.74. The largest absolute Gasteiger partial charge is 0.371 e. The van der Waals surface area contributed by atoms with E-state index in [4.69, 9.17) is 4.74 Å². The smallest absolute Gasteiger partial charge is 0.131 e. The van der Waals surface area contributed by atoms with Crippen molar-refractivity contribution < 1.29 is 13.5 Å². The highest BCUT2D eigenvalue weighted by molar-refractivity contribution is 5.66. The molecule has 1 atom stereocenters. The number of rotatable bonds is 4. The Balaban J connectivity index is 1.86. The average molecular weight is 290 g/mol. The number of hydrogen-bond donors (Lipinski definition) is 1. The third-order valence-corrected chi connectivity index (χ3v) is 3.58. The summed E-state index contributed by atoms with van der Waals surface area (Å²) in [5.41, 5.74) is 1.40. The Morgan fingerprint density at radius 1 is 1.24 bits per heavy atom. The van der Waals surface area contributed by atoms with Crippen molar-refractivity contribution in [1.29, 1.82) is 0 Å². The molecule has 3 rings (SSSR count). The Morgan fingerprint density at radius 2 is 2.14 bits per heavy atom. The zero-order valence-corrected chi connectivity index (χ0v) is 11.5. The maximum Gasteiger partial charge on any atom is 0.131 e. The van der Waals surface area contributed by atoms with Gasteiger partial charge in [0.05, 0.1) is 18.4 Å². The zero-order chi connectivity index (χ0) is 14.7. The van der Waals surface area contributed by atoms with E-state index in [0.29, 0.717) is 17.9 Å². The van der Waals surface area contributed by atoms with Crippen LogP contribution in [0.1, 0.15) is 12.1 Å². The molecule has 1 fully saturated rings. The predicted molar refractivity (Wildman–Crippen MR) is 75.7 cm³/mol. The van der Waals surface area contributed by atoms with Gasteiger partial charge < -0.3 is 10.1 Å². The number of halogens is 2. The second kappa shape index (κ2) is 6.28. The molecule has 2 aromatic rings. The van der Waals surface area contributed by atoms with Crippen LogP contribution in [0.3, 0.4) is 0 Å². The van der Waals surface area contributed by atoms with Crippen molar-refractivity contribution >= 4 is 0 Å². The van der Waals surface area contributed by atoms with Crippen LogP contribution in [0, 0.1) is 11.6 Å². The first-order valence-electron chi connectivity index (χ1n) is 6.95. The molecule has 21 heavy (non-hydrogen) atoms. The van der Waals surface area contributed by atoms with E-state index in [2.05, 4.69) is 10.3 Å². The molecule has 0 amide bonds. The van der Waals surface area contributed by atoms with Crippen molar-refractivity contribution in [3.8, 4) is 11.1 Å². The van der Waals surface area contributed by atoms with Gasteiger partial charge in [0.15, 0.2) is 0 Å². The standard InChI is InChI=1S/C16H16F2N2O/c17-11-3-4-15(18)14(8-11)13-2-1-6-20-16(13)10-21-12-5-7-19-9-12/h1-4,6,8,12,19H,5,7,9-10H2. The van der Waals surface area contributed by atoms with Crippen LogP contribution >= 0.6 is 0 Å². The summed E-state index contributed by atoms with van der Waals surface area (Å²) in [6, 6.07) is 6.86. The lowest BCUT2D eigenvalue weighted by molar-refractivity contribution is 0.0525. The first-order valence-corrected chi connectivity index (χ1v) is 6.95. The zero-order valence-electron chi connectivity index (χ0n) is 11.5. The highest BCUT2D eigenvalue weighted by Crippen LogP contribution is 2.26. The van der Waals surface area contributed by atoms with E-state index in [1.807, 2.05) is 0 Å². The molecule has 0 saturated carbocycles. The van der Waals surface area contributed by atoms with E-state index in [0.717, 1.165) is 31.6 Å². The van der Waals surface area contributed by atoms with Gasteiger partial charge in [-0.25, -0.2) is 8.78 Å². The van der Waals surface area contributed by atoms with Gasteiger partial charge >= 0.3 is 0 Å². The molecule has 1 saturated heterocycles. The number of ether oxygens (including phenoxy) is 1. The molecule has 1 aliphatic heterocycles. The Hall–Kier alpha value is -1.85. The van der Waals surface area contributed by atoms with Gasteiger partial charge in [0.2, 0.25) is 0 Å². The predicted octanol–water partition coefficient (Wildman–Crippen LogP) is 2.91. The molecule has 1 aliphatic rings. The fourth-order valence-electron chi connectivity index (χ4n) is 2.47. The van der Waals surface area contributed by atoms with Gasteiger partial charge in [-0.05, 0) is 37.2 Å². The van der Waals surface area contributed by atoms with Crippen molar-refractivity contribution in [1.82, 2.24) is 10.3 Å². The van der Waals surface area contributed by atoms with Crippen molar-refractivity contribution in [3.05, 3.63) is 53.9 Å². The van der Waals surface area contributed by atoms with Crippen LogP contribution in [0.25, 0.3) is 11.1 Å². The second-order valence-electron chi connectivity index (χ2n) is 5.05. The molecule has 1 unspecified atom stereocenters. The number of hydrogen-bond acceptors (Lipinski definition) is 3. The van der Waals surface area contributed by atoms with E-state index >= 15 is 0 Å². The van der Waals surface area contributed by atoms with Crippen LogP contribution < -0.4 is 5.32 Å². The lowest BCUT2D eigenvalue weighted by Gasteiger charge is -2.13. The minimum atomic E-state index is -0.470. The highest BCUT2D eigenvalue weighted by Gasteiger charge is 2.17. The summed E-state index contributed by atoms with van der Waals surface area (Å²) >= 11 is 0. The fraction of sp³-hybridized carbons (Fsp3) is 0.312. The molecule has 0 bridgehead atoms. The van der Waals surface area contributed by atoms with Gasteiger partial charge in [0, 0.05) is 23.9 Å². The van der Waals surface area contributed by atoms with Crippen LogP contribution in [-0.4, -0.2) is 24.2 Å². The molecule has 0 spiro atoms. The SMILES string of the molecule is Fc1ccc(F)c(-c2cccnc2COC2CCNC2)c1. The van der Waals surface area contributed by atoms with Crippen LogP contribution in [0.4, 0.5) is 8.78 Å². The maximum atomic E-state index is 13.9. The first-order chi connectivity index (χ1) is 10.2. The number of pyridine rings is 1. The molecule has 5 heteroatoms. The molecule has 1 N–H and O–H groups in total. The van der Waals surface area contributed by atoms with Gasteiger partial charge in [-0.3, -0.25) is 4.98 Å². The summed E-state index contributed by atoms with van der Waals surface area (Å²) in [4.78, 5) is 4.25. The summed E-state index contributed by atoms with van der Waals surface area (Å²) < 4.78 is 33.1. The second-order valence-corrected chi connectivity index (χ2v) is 5.05. The Labute approximate surface area is 122 Å². The van der Waals surface area contributed by atoms with E-state index in [1.54, 1.807) is 18.3 Å². The summed E-state index contributed by atoms with van der Waals surface area (Å²) in [5, 5.41) is 3.22. The van der Waals surface area contributed by atoms with Crippen LogP contribution in [0.2, 0.25) is 0 Å². The molecule has 1 aromatic carbocycles. The van der Waals surface area contributed by atoms with Gasteiger partial charge in [-0.15, -0.1) is 0 Å². The third kappa shape index (κ3) is 3.25. The van der Waals surface area contributed by atoms with Crippen LogP contribution in [0.5, 0.6) is 0 Å². The Kier molecular flexibility index (Phi) is 4.22. The minimum absolute atomic E-state index is 0.150. The lowest BCUT2D eigenvalue weighted by atomic mass is 10.0. The van der Waals surface area contributed by atoms with Crippen molar-refractivity contribution in [2.45, 2.75) is 19.1 Å². The van der Waals surface area contributed by atoms with E-state index in [9.17, 15) is 8.78 Å². The molecule has 0 radical (unpaired) electrons. The number of aromatic nitrogens is 1. The van der Waals surface area contributed by atoms with Gasteiger partial charge in [-0.1, -0.05) is 6.07 Å².